The summed E-state index contributed by atoms with van der Waals surface area (Å²) in [4.78, 5) is 13.6. The lowest BCUT2D eigenvalue weighted by Crippen LogP contribution is -2.34. The highest BCUT2D eigenvalue weighted by Crippen LogP contribution is 2.20. The monoisotopic (exact) mass is 325 g/mol. The average molecular weight is 326 g/mol. The van der Waals surface area contributed by atoms with Crippen LogP contribution in [0.25, 0.3) is 0 Å². The van der Waals surface area contributed by atoms with Crippen LogP contribution in [0.1, 0.15) is 26.2 Å². The SMILES string of the molecule is CC(=O)CC1CCCN1CCOc1ccc(Br)cc1. The third-order valence-electron chi connectivity index (χ3n) is 3.48. The number of halogens is 1. The smallest absolute Gasteiger partial charge is 0.131 e. The van der Waals surface area contributed by atoms with Crippen molar-refractivity contribution in [1.82, 2.24) is 4.90 Å². The van der Waals surface area contributed by atoms with Gasteiger partial charge in [0.1, 0.15) is 18.1 Å². The van der Waals surface area contributed by atoms with E-state index in [2.05, 4.69) is 20.8 Å². The van der Waals surface area contributed by atoms with Gasteiger partial charge in [-0.05, 0) is 50.6 Å². The van der Waals surface area contributed by atoms with Crippen LogP contribution in [-0.4, -0.2) is 36.4 Å². The molecule has 1 aromatic carbocycles. The predicted molar refractivity (Wildman–Crippen MR) is 79.5 cm³/mol. The van der Waals surface area contributed by atoms with Gasteiger partial charge in [0.25, 0.3) is 0 Å². The van der Waals surface area contributed by atoms with Gasteiger partial charge in [-0.3, -0.25) is 9.69 Å². The van der Waals surface area contributed by atoms with E-state index in [0.29, 0.717) is 19.1 Å². The Balaban J connectivity index is 1.75. The fourth-order valence-electron chi connectivity index (χ4n) is 2.56. The van der Waals surface area contributed by atoms with Crippen molar-refractivity contribution in [3.8, 4) is 5.75 Å². The lowest BCUT2D eigenvalue weighted by atomic mass is 10.1. The Morgan fingerprint density at radius 1 is 1.42 bits per heavy atom. The molecule has 0 aromatic heterocycles. The van der Waals surface area contributed by atoms with Crippen molar-refractivity contribution in [2.75, 3.05) is 19.7 Å². The highest BCUT2D eigenvalue weighted by Gasteiger charge is 2.24. The van der Waals surface area contributed by atoms with E-state index >= 15 is 0 Å². The number of hydrogen-bond acceptors (Lipinski definition) is 3. The molecule has 0 radical (unpaired) electrons. The number of Topliss-reactive ketones (excluding diaryl/α,β-unsaturated/α-hetero) is 1. The largest absolute Gasteiger partial charge is 0.492 e. The molecule has 0 amide bonds. The van der Waals surface area contributed by atoms with Gasteiger partial charge < -0.3 is 4.74 Å². The predicted octanol–water partition coefficient (Wildman–Crippen LogP) is 3.27. The molecule has 0 spiro atoms. The molecule has 3 nitrogen and oxygen atoms in total. The van der Waals surface area contributed by atoms with Crippen LogP contribution < -0.4 is 4.74 Å². The van der Waals surface area contributed by atoms with Crippen LogP contribution in [-0.2, 0) is 4.79 Å². The summed E-state index contributed by atoms with van der Waals surface area (Å²) in [7, 11) is 0. The molecule has 1 aliphatic rings. The minimum atomic E-state index is 0.283. The molecule has 2 rings (SSSR count). The maximum absolute atomic E-state index is 11.2. The summed E-state index contributed by atoms with van der Waals surface area (Å²) in [5.74, 6) is 1.18. The lowest BCUT2D eigenvalue weighted by Gasteiger charge is -2.23. The molecule has 1 aromatic rings. The summed E-state index contributed by atoms with van der Waals surface area (Å²) < 4.78 is 6.79. The van der Waals surface area contributed by atoms with Crippen molar-refractivity contribution in [2.45, 2.75) is 32.2 Å². The number of rotatable bonds is 6. The molecule has 1 saturated heterocycles. The van der Waals surface area contributed by atoms with E-state index in [1.54, 1.807) is 6.92 Å². The van der Waals surface area contributed by atoms with Crippen molar-refractivity contribution < 1.29 is 9.53 Å². The Morgan fingerprint density at radius 3 is 2.84 bits per heavy atom. The summed E-state index contributed by atoms with van der Waals surface area (Å²) >= 11 is 3.40. The molecule has 0 saturated carbocycles. The average Bonchev–Trinajstić information content (AvgIpc) is 2.78. The molecule has 1 aliphatic heterocycles. The van der Waals surface area contributed by atoms with Gasteiger partial charge >= 0.3 is 0 Å². The molecule has 1 unspecified atom stereocenters. The molecular weight excluding hydrogens is 306 g/mol. The van der Waals surface area contributed by atoms with Crippen LogP contribution in [0.4, 0.5) is 0 Å². The lowest BCUT2D eigenvalue weighted by molar-refractivity contribution is -0.118. The second-order valence-electron chi connectivity index (χ2n) is 5.04. The van der Waals surface area contributed by atoms with Gasteiger partial charge in [-0.25, -0.2) is 0 Å². The number of carbonyl (C=O) groups excluding carboxylic acids is 1. The maximum Gasteiger partial charge on any atom is 0.131 e. The van der Waals surface area contributed by atoms with E-state index in [1.807, 2.05) is 24.3 Å². The standard InChI is InChI=1S/C15H20BrNO2/c1-12(18)11-14-3-2-8-17(14)9-10-19-15-6-4-13(16)5-7-15/h4-7,14H,2-3,8-11H2,1H3. The molecule has 1 fully saturated rings. The third-order valence-corrected chi connectivity index (χ3v) is 4.01. The van der Waals surface area contributed by atoms with E-state index in [-0.39, 0.29) is 5.78 Å². The van der Waals surface area contributed by atoms with Crippen LogP contribution in [0.3, 0.4) is 0 Å². The Labute approximate surface area is 123 Å². The molecule has 1 heterocycles. The molecule has 19 heavy (non-hydrogen) atoms. The minimum Gasteiger partial charge on any atom is -0.492 e. The normalized spacial score (nSPS) is 19.6. The topological polar surface area (TPSA) is 29.5 Å². The van der Waals surface area contributed by atoms with Gasteiger partial charge in [0.05, 0.1) is 0 Å². The molecule has 0 aliphatic carbocycles. The summed E-state index contributed by atoms with van der Waals surface area (Å²) in [6.07, 6.45) is 3.01. The van der Waals surface area contributed by atoms with Crippen molar-refractivity contribution in [3.63, 3.8) is 0 Å². The summed E-state index contributed by atoms with van der Waals surface area (Å²) in [5, 5.41) is 0. The first-order valence-corrected chi connectivity index (χ1v) is 7.56. The van der Waals surface area contributed by atoms with Gasteiger partial charge in [0.15, 0.2) is 0 Å². The van der Waals surface area contributed by atoms with Gasteiger partial charge in [-0.1, -0.05) is 15.9 Å². The van der Waals surface area contributed by atoms with Gasteiger partial charge in [0.2, 0.25) is 0 Å². The Morgan fingerprint density at radius 2 is 2.16 bits per heavy atom. The van der Waals surface area contributed by atoms with Gasteiger partial charge in [-0.2, -0.15) is 0 Å². The number of ketones is 1. The number of ether oxygens (including phenoxy) is 1. The molecule has 104 valence electrons. The van der Waals surface area contributed by atoms with Crippen molar-refractivity contribution in [3.05, 3.63) is 28.7 Å². The zero-order valence-corrected chi connectivity index (χ0v) is 12.9. The molecule has 1 atom stereocenters. The third kappa shape index (κ3) is 4.62. The Hall–Kier alpha value is -0.870. The summed E-state index contributed by atoms with van der Waals surface area (Å²) in [6.45, 7) is 4.33. The number of carbonyl (C=O) groups is 1. The van der Waals surface area contributed by atoms with Crippen LogP contribution in [0, 0.1) is 0 Å². The highest BCUT2D eigenvalue weighted by molar-refractivity contribution is 9.10. The van der Waals surface area contributed by atoms with Crippen molar-refractivity contribution >= 4 is 21.7 Å². The fourth-order valence-corrected chi connectivity index (χ4v) is 2.83. The zero-order chi connectivity index (χ0) is 13.7. The first-order chi connectivity index (χ1) is 9.15. The summed E-state index contributed by atoms with van der Waals surface area (Å²) in [6, 6.07) is 8.29. The second-order valence-corrected chi connectivity index (χ2v) is 5.96. The second kappa shape index (κ2) is 7.06. The number of nitrogens with zero attached hydrogens (tertiary/aromatic N) is 1. The van der Waals surface area contributed by atoms with Crippen LogP contribution >= 0.6 is 15.9 Å². The number of likely N-dealkylation sites (tertiary alicyclic amines) is 1. The zero-order valence-electron chi connectivity index (χ0n) is 11.3. The van der Waals surface area contributed by atoms with E-state index in [4.69, 9.17) is 4.74 Å². The summed E-state index contributed by atoms with van der Waals surface area (Å²) in [5.41, 5.74) is 0. The first kappa shape index (κ1) is 14.5. The van der Waals surface area contributed by atoms with E-state index in [9.17, 15) is 4.79 Å². The minimum absolute atomic E-state index is 0.283. The first-order valence-electron chi connectivity index (χ1n) is 6.77. The van der Waals surface area contributed by atoms with Crippen LogP contribution in [0.2, 0.25) is 0 Å². The van der Waals surface area contributed by atoms with E-state index in [1.165, 1.54) is 6.42 Å². The molecule has 0 bridgehead atoms. The number of benzene rings is 1. The number of hydrogen-bond donors (Lipinski definition) is 0. The fraction of sp³-hybridized carbons (Fsp3) is 0.533. The van der Waals surface area contributed by atoms with Gasteiger partial charge in [0, 0.05) is 23.5 Å². The van der Waals surface area contributed by atoms with Crippen molar-refractivity contribution in [2.24, 2.45) is 0 Å². The molecule has 0 N–H and O–H groups in total. The highest BCUT2D eigenvalue weighted by atomic mass is 79.9. The van der Waals surface area contributed by atoms with Crippen LogP contribution in [0.15, 0.2) is 28.7 Å². The Bertz CT molecular complexity index is 419. The quantitative estimate of drug-likeness (QED) is 0.803. The molecule has 4 heteroatoms. The van der Waals surface area contributed by atoms with E-state index in [0.717, 1.165) is 29.7 Å². The maximum atomic E-state index is 11.2. The van der Waals surface area contributed by atoms with E-state index < -0.39 is 0 Å². The molecular formula is C15H20BrNO2. The van der Waals surface area contributed by atoms with Crippen LogP contribution in [0.5, 0.6) is 5.75 Å². The van der Waals surface area contributed by atoms with Gasteiger partial charge in [-0.15, -0.1) is 0 Å². The Kier molecular flexibility index (Phi) is 5.40. The van der Waals surface area contributed by atoms with Crippen molar-refractivity contribution in [1.29, 1.82) is 0 Å².